The maximum absolute atomic E-state index is 13.4. The summed E-state index contributed by atoms with van der Waals surface area (Å²) in [6, 6.07) is 13.3. The van der Waals surface area contributed by atoms with Crippen molar-refractivity contribution in [3.05, 3.63) is 82.3 Å². The van der Waals surface area contributed by atoms with Crippen LogP contribution in [0.2, 0.25) is 0 Å². The Morgan fingerprint density at radius 1 is 1.12 bits per heavy atom. The number of nitrogens with zero attached hydrogens (tertiary/aromatic N) is 1. The van der Waals surface area contributed by atoms with Crippen LogP contribution < -0.4 is 10.6 Å². The SMILES string of the molecule is CCOC(=O)C1=C(CN2CC[C@H](c3ccc(C)cc3)C2)NC(=O)N[C@H]1c1ccc(F)cc1. The van der Waals surface area contributed by atoms with Crippen LogP contribution in [-0.2, 0) is 9.53 Å². The zero-order chi connectivity index (χ0) is 22.7. The minimum atomic E-state index is -0.700. The molecule has 168 valence electrons. The first-order valence-corrected chi connectivity index (χ1v) is 11.0. The molecule has 2 amide bonds. The van der Waals surface area contributed by atoms with Crippen molar-refractivity contribution < 1.29 is 18.7 Å². The van der Waals surface area contributed by atoms with E-state index in [-0.39, 0.29) is 12.4 Å². The molecule has 4 rings (SSSR count). The number of hydrogen-bond acceptors (Lipinski definition) is 4. The molecule has 2 N–H and O–H groups in total. The van der Waals surface area contributed by atoms with Gasteiger partial charge in [0.15, 0.2) is 0 Å². The molecular formula is C25H28FN3O3. The number of amides is 2. The summed E-state index contributed by atoms with van der Waals surface area (Å²) in [6.07, 6.45) is 1.01. The quantitative estimate of drug-likeness (QED) is 0.675. The van der Waals surface area contributed by atoms with Crippen molar-refractivity contribution >= 4 is 12.0 Å². The third-order valence-corrected chi connectivity index (χ3v) is 6.06. The number of halogens is 1. The van der Waals surface area contributed by atoms with Crippen LogP contribution in [0.5, 0.6) is 0 Å². The summed E-state index contributed by atoms with van der Waals surface area (Å²) in [6.45, 7) is 6.17. The second-order valence-corrected chi connectivity index (χ2v) is 8.33. The summed E-state index contributed by atoms with van der Waals surface area (Å²) >= 11 is 0. The molecular weight excluding hydrogens is 409 g/mol. The Morgan fingerprint density at radius 3 is 2.50 bits per heavy atom. The summed E-state index contributed by atoms with van der Waals surface area (Å²) < 4.78 is 18.8. The molecule has 32 heavy (non-hydrogen) atoms. The van der Waals surface area contributed by atoms with E-state index >= 15 is 0 Å². The fourth-order valence-corrected chi connectivity index (χ4v) is 4.41. The molecule has 2 atom stereocenters. The van der Waals surface area contributed by atoms with Crippen LogP contribution in [0.1, 0.15) is 42.0 Å². The van der Waals surface area contributed by atoms with Gasteiger partial charge in [0.25, 0.3) is 0 Å². The largest absolute Gasteiger partial charge is 0.463 e. The predicted molar refractivity (Wildman–Crippen MR) is 119 cm³/mol. The third-order valence-electron chi connectivity index (χ3n) is 6.06. The van der Waals surface area contributed by atoms with E-state index in [4.69, 9.17) is 4.74 Å². The maximum atomic E-state index is 13.4. The summed E-state index contributed by atoms with van der Waals surface area (Å²) in [5, 5.41) is 5.61. The summed E-state index contributed by atoms with van der Waals surface area (Å²) in [4.78, 5) is 27.6. The topological polar surface area (TPSA) is 70.7 Å². The van der Waals surface area contributed by atoms with Crippen LogP contribution in [0.15, 0.2) is 59.8 Å². The lowest BCUT2D eigenvalue weighted by atomic mass is 9.95. The first-order valence-electron chi connectivity index (χ1n) is 11.0. The second kappa shape index (κ2) is 9.53. The Morgan fingerprint density at radius 2 is 1.81 bits per heavy atom. The summed E-state index contributed by atoms with van der Waals surface area (Å²) in [7, 11) is 0. The molecule has 1 saturated heterocycles. The molecule has 0 radical (unpaired) electrons. The van der Waals surface area contributed by atoms with Crippen LogP contribution in [0.25, 0.3) is 0 Å². The van der Waals surface area contributed by atoms with Crippen LogP contribution in [-0.4, -0.2) is 43.1 Å². The lowest BCUT2D eigenvalue weighted by molar-refractivity contribution is -0.139. The zero-order valence-corrected chi connectivity index (χ0v) is 18.4. The Bertz CT molecular complexity index is 1020. The van der Waals surface area contributed by atoms with Crippen molar-refractivity contribution in [2.24, 2.45) is 0 Å². The van der Waals surface area contributed by atoms with Crippen LogP contribution >= 0.6 is 0 Å². The number of likely N-dealkylation sites (tertiary alicyclic amines) is 1. The van der Waals surface area contributed by atoms with Gasteiger partial charge in [-0.3, -0.25) is 4.90 Å². The van der Waals surface area contributed by atoms with Gasteiger partial charge in [0.2, 0.25) is 0 Å². The number of carbonyl (C=O) groups is 2. The monoisotopic (exact) mass is 437 g/mol. The molecule has 2 aliphatic heterocycles. The highest BCUT2D eigenvalue weighted by molar-refractivity contribution is 5.95. The van der Waals surface area contributed by atoms with Gasteiger partial charge in [-0.1, -0.05) is 42.0 Å². The van der Waals surface area contributed by atoms with Gasteiger partial charge in [0, 0.05) is 18.8 Å². The van der Waals surface area contributed by atoms with Crippen LogP contribution in [0.4, 0.5) is 9.18 Å². The Hall–Kier alpha value is -3.19. The number of ether oxygens (including phenoxy) is 1. The number of aryl methyl sites for hydroxylation is 1. The number of hydrogen-bond donors (Lipinski definition) is 2. The van der Waals surface area contributed by atoms with Gasteiger partial charge in [-0.2, -0.15) is 0 Å². The van der Waals surface area contributed by atoms with Crippen molar-refractivity contribution in [1.82, 2.24) is 15.5 Å². The number of urea groups is 1. The number of nitrogens with one attached hydrogen (secondary N) is 2. The fraction of sp³-hybridized carbons (Fsp3) is 0.360. The summed E-state index contributed by atoms with van der Waals surface area (Å²) in [5.41, 5.74) is 4.05. The molecule has 1 fully saturated rings. The van der Waals surface area contributed by atoms with Gasteiger partial charge < -0.3 is 15.4 Å². The van der Waals surface area contributed by atoms with Crippen LogP contribution in [0, 0.1) is 12.7 Å². The average Bonchev–Trinajstić information content (AvgIpc) is 3.23. The first-order chi connectivity index (χ1) is 15.4. The van der Waals surface area contributed by atoms with E-state index in [9.17, 15) is 14.0 Å². The zero-order valence-electron chi connectivity index (χ0n) is 18.4. The van der Waals surface area contributed by atoms with Gasteiger partial charge in [-0.15, -0.1) is 0 Å². The Kier molecular flexibility index (Phi) is 6.55. The van der Waals surface area contributed by atoms with Gasteiger partial charge in [0.05, 0.1) is 18.2 Å². The highest BCUT2D eigenvalue weighted by Gasteiger charge is 2.35. The van der Waals surface area contributed by atoms with E-state index in [0.29, 0.717) is 29.3 Å². The van der Waals surface area contributed by atoms with E-state index < -0.39 is 18.0 Å². The molecule has 2 aliphatic rings. The number of rotatable bonds is 6. The lowest BCUT2D eigenvalue weighted by Crippen LogP contribution is -2.48. The molecule has 2 aromatic carbocycles. The smallest absolute Gasteiger partial charge is 0.338 e. The van der Waals surface area contributed by atoms with E-state index in [0.717, 1.165) is 19.5 Å². The van der Waals surface area contributed by atoms with E-state index in [1.54, 1.807) is 19.1 Å². The van der Waals surface area contributed by atoms with Gasteiger partial charge in [0.1, 0.15) is 5.82 Å². The van der Waals surface area contributed by atoms with E-state index in [1.807, 2.05) is 0 Å². The van der Waals surface area contributed by atoms with Gasteiger partial charge in [-0.05, 0) is 56.0 Å². The molecule has 2 heterocycles. The van der Waals surface area contributed by atoms with Gasteiger partial charge >= 0.3 is 12.0 Å². The Balaban J connectivity index is 1.60. The molecule has 0 aromatic heterocycles. The van der Waals surface area contributed by atoms with Crippen molar-refractivity contribution in [2.75, 3.05) is 26.2 Å². The highest BCUT2D eigenvalue weighted by Crippen LogP contribution is 2.31. The van der Waals surface area contributed by atoms with Crippen LogP contribution in [0.3, 0.4) is 0 Å². The summed E-state index contributed by atoms with van der Waals surface area (Å²) in [5.74, 6) is -0.457. The van der Waals surface area contributed by atoms with Crippen molar-refractivity contribution in [3.63, 3.8) is 0 Å². The number of benzene rings is 2. The lowest BCUT2D eigenvalue weighted by Gasteiger charge is -2.31. The molecule has 0 spiro atoms. The van der Waals surface area contributed by atoms with Crippen molar-refractivity contribution in [3.8, 4) is 0 Å². The van der Waals surface area contributed by atoms with Gasteiger partial charge in [-0.25, -0.2) is 14.0 Å². The second-order valence-electron chi connectivity index (χ2n) is 8.33. The van der Waals surface area contributed by atoms with Crippen molar-refractivity contribution in [1.29, 1.82) is 0 Å². The number of esters is 1. The Labute approximate surface area is 187 Å². The highest BCUT2D eigenvalue weighted by atomic mass is 19.1. The minimum Gasteiger partial charge on any atom is -0.463 e. The molecule has 0 saturated carbocycles. The molecule has 2 aromatic rings. The maximum Gasteiger partial charge on any atom is 0.338 e. The first kappa shape index (κ1) is 22.0. The third kappa shape index (κ3) is 4.83. The van der Waals surface area contributed by atoms with E-state index in [1.165, 1.54) is 23.3 Å². The molecule has 0 bridgehead atoms. The predicted octanol–water partition coefficient (Wildman–Crippen LogP) is 3.79. The molecule has 0 aliphatic carbocycles. The minimum absolute atomic E-state index is 0.221. The fourth-order valence-electron chi connectivity index (χ4n) is 4.41. The molecule has 7 heteroatoms. The average molecular weight is 438 g/mol. The number of carbonyl (C=O) groups excluding carboxylic acids is 2. The standard InChI is InChI=1S/C25H28FN3O3/c1-3-32-24(30)22-21(27-25(31)28-23(22)18-8-10-20(26)11-9-18)15-29-13-12-19(14-29)17-6-4-16(2)5-7-17/h4-11,19,23H,3,12-15H2,1-2H3,(H2,27,28,31)/t19-,23-/m0/s1. The normalized spacial score (nSPS) is 21.3. The molecule has 0 unspecified atom stereocenters. The van der Waals surface area contributed by atoms with E-state index in [2.05, 4.69) is 46.7 Å². The molecule has 6 nitrogen and oxygen atoms in total. The van der Waals surface area contributed by atoms with Crippen molar-refractivity contribution in [2.45, 2.75) is 32.2 Å².